The Morgan fingerprint density at radius 1 is 1.06 bits per heavy atom. The minimum absolute atomic E-state index is 0.0116. The quantitative estimate of drug-likeness (QED) is 0.623. The molecule has 2 atom stereocenters. The summed E-state index contributed by atoms with van der Waals surface area (Å²) in [5, 5.41) is 11.5. The number of hydrogen-bond donors (Lipinski definition) is 2. The van der Waals surface area contributed by atoms with Crippen molar-refractivity contribution in [2.45, 2.75) is 24.9 Å². The maximum Gasteiger partial charge on any atom is 0.407 e. The first-order valence-electron chi connectivity index (χ1n) is 11.6. The smallest absolute Gasteiger partial charge is 0.407 e. The number of carboxylic acids is 1. The number of alkyl carbamates (subject to hydrolysis) is 1. The van der Waals surface area contributed by atoms with Crippen LogP contribution in [0.25, 0.3) is 11.1 Å². The number of amides is 2. The number of nitrogens with one attached hydrogen (secondary N) is 1. The van der Waals surface area contributed by atoms with Crippen LogP contribution in [0.15, 0.2) is 48.5 Å². The van der Waals surface area contributed by atoms with E-state index in [2.05, 4.69) is 29.6 Å². The normalized spacial score (nSPS) is 21.7. The Morgan fingerprint density at radius 3 is 2.29 bits per heavy atom. The molecule has 34 heavy (non-hydrogen) atoms. The molecule has 0 spiro atoms. The van der Waals surface area contributed by atoms with Crippen molar-refractivity contribution in [2.24, 2.45) is 11.8 Å². The third-order valence-corrected chi connectivity index (χ3v) is 7.00. The van der Waals surface area contributed by atoms with Gasteiger partial charge in [-0.25, -0.2) is 9.59 Å². The van der Waals surface area contributed by atoms with Gasteiger partial charge in [0.15, 0.2) is 0 Å². The lowest BCUT2D eigenvalue weighted by Crippen LogP contribution is -2.63. The van der Waals surface area contributed by atoms with Crippen molar-refractivity contribution < 1.29 is 29.0 Å². The molecule has 0 aromatic heterocycles. The number of hydrogen-bond acceptors (Lipinski definition) is 5. The number of carbonyl (C=O) groups excluding carboxylic acids is 2. The summed E-state index contributed by atoms with van der Waals surface area (Å²) in [7, 11) is 0. The average molecular weight is 465 g/mol. The Hall–Kier alpha value is -3.39. The van der Waals surface area contributed by atoms with Crippen LogP contribution in [-0.4, -0.2) is 66.4 Å². The standard InChI is InChI=1S/C26H28N2O6/c1-26(34-13-23(29)30)14-28(15-26)24(31)21-10-16(21)11-27-25(32)33-12-22-19-8-4-2-6-17(19)18-7-3-5-9-20(18)22/h2-9,16,21-22H,10-15H2,1H3,(H,27,32)(H,29,30). The molecule has 178 valence electrons. The molecule has 5 rings (SSSR count). The highest BCUT2D eigenvalue weighted by molar-refractivity contribution is 5.83. The molecule has 2 aliphatic carbocycles. The van der Waals surface area contributed by atoms with E-state index in [1.807, 2.05) is 31.2 Å². The molecular weight excluding hydrogens is 436 g/mol. The molecular formula is C26H28N2O6. The number of nitrogens with zero attached hydrogens (tertiary/aromatic N) is 1. The van der Waals surface area contributed by atoms with E-state index in [0.717, 1.165) is 6.42 Å². The van der Waals surface area contributed by atoms with E-state index in [-0.39, 0.29) is 36.9 Å². The molecule has 8 nitrogen and oxygen atoms in total. The van der Waals surface area contributed by atoms with Crippen LogP contribution in [0.4, 0.5) is 4.79 Å². The van der Waals surface area contributed by atoms with Crippen LogP contribution in [-0.2, 0) is 19.1 Å². The van der Waals surface area contributed by atoms with Crippen LogP contribution in [0.5, 0.6) is 0 Å². The first-order valence-corrected chi connectivity index (χ1v) is 11.6. The first kappa shape index (κ1) is 22.4. The maximum absolute atomic E-state index is 12.6. The fourth-order valence-electron chi connectivity index (χ4n) is 5.12. The first-order chi connectivity index (χ1) is 16.3. The van der Waals surface area contributed by atoms with Gasteiger partial charge in [-0.3, -0.25) is 4.79 Å². The molecule has 2 unspecified atom stereocenters. The highest BCUT2D eigenvalue weighted by atomic mass is 16.5. The molecule has 2 fully saturated rings. The van der Waals surface area contributed by atoms with E-state index in [1.165, 1.54) is 22.3 Å². The Bertz CT molecular complexity index is 1080. The molecule has 3 aliphatic rings. The van der Waals surface area contributed by atoms with Crippen molar-refractivity contribution in [3.05, 3.63) is 59.7 Å². The van der Waals surface area contributed by atoms with Crippen molar-refractivity contribution in [2.75, 3.05) is 32.8 Å². The zero-order valence-electron chi connectivity index (χ0n) is 19.0. The third-order valence-electron chi connectivity index (χ3n) is 7.00. The van der Waals surface area contributed by atoms with Gasteiger partial charge < -0.3 is 24.8 Å². The van der Waals surface area contributed by atoms with Gasteiger partial charge in [-0.1, -0.05) is 48.5 Å². The highest BCUT2D eigenvalue weighted by Crippen LogP contribution is 2.44. The number of fused-ring (bicyclic) bond motifs is 3. The van der Waals surface area contributed by atoms with Gasteiger partial charge in [0.1, 0.15) is 18.8 Å². The fraction of sp³-hybridized carbons (Fsp3) is 0.423. The fourth-order valence-corrected chi connectivity index (χ4v) is 5.12. The van der Waals surface area contributed by atoms with Crippen LogP contribution in [0.1, 0.15) is 30.4 Å². The van der Waals surface area contributed by atoms with Gasteiger partial charge in [-0.05, 0) is 41.5 Å². The number of carbonyl (C=O) groups is 3. The van der Waals surface area contributed by atoms with E-state index in [0.29, 0.717) is 19.6 Å². The molecule has 2 aromatic carbocycles. The summed E-state index contributed by atoms with van der Waals surface area (Å²) in [6.45, 7) is 2.88. The molecule has 2 N–H and O–H groups in total. The Balaban J connectivity index is 1.06. The molecule has 2 aromatic rings. The molecule has 8 heteroatoms. The summed E-state index contributed by atoms with van der Waals surface area (Å²) < 4.78 is 10.9. The molecule has 2 amide bonds. The van der Waals surface area contributed by atoms with E-state index in [4.69, 9.17) is 14.6 Å². The van der Waals surface area contributed by atoms with Gasteiger partial charge in [0.25, 0.3) is 0 Å². The molecule has 0 bridgehead atoms. The van der Waals surface area contributed by atoms with Gasteiger partial charge in [0, 0.05) is 18.4 Å². The van der Waals surface area contributed by atoms with Crippen molar-refractivity contribution >= 4 is 18.0 Å². The van der Waals surface area contributed by atoms with Crippen molar-refractivity contribution in [3.8, 4) is 11.1 Å². The summed E-state index contributed by atoms with van der Waals surface area (Å²) in [5.74, 6) is -0.988. The third kappa shape index (κ3) is 4.37. The monoisotopic (exact) mass is 464 g/mol. The zero-order valence-corrected chi connectivity index (χ0v) is 19.0. The number of carboxylic acid groups (broad SMARTS) is 1. The molecule has 1 saturated heterocycles. The Morgan fingerprint density at radius 2 is 1.68 bits per heavy atom. The second kappa shape index (κ2) is 8.76. The summed E-state index contributed by atoms with van der Waals surface area (Å²) in [4.78, 5) is 37.3. The molecule has 1 heterocycles. The lowest BCUT2D eigenvalue weighted by Gasteiger charge is -2.47. The molecule has 1 aliphatic heterocycles. The van der Waals surface area contributed by atoms with Crippen LogP contribution >= 0.6 is 0 Å². The van der Waals surface area contributed by atoms with Gasteiger partial charge >= 0.3 is 12.1 Å². The lowest BCUT2D eigenvalue weighted by molar-refractivity contribution is -0.174. The summed E-state index contributed by atoms with van der Waals surface area (Å²) in [5.41, 5.74) is 4.10. The SMILES string of the molecule is CC1(OCC(=O)O)CN(C(=O)C2CC2CNC(=O)OCC2c3ccccc3-c3ccccc32)C1. The Labute approximate surface area is 197 Å². The minimum Gasteiger partial charge on any atom is -0.480 e. The van der Waals surface area contributed by atoms with Crippen LogP contribution in [0.3, 0.4) is 0 Å². The van der Waals surface area contributed by atoms with Crippen molar-refractivity contribution in [1.29, 1.82) is 0 Å². The lowest BCUT2D eigenvalue weighted by atomic mass is 9.95. The van der Waals surface area contributed by atoms with Crippen molar-refractivity contribution in [1.82, 2.24) is 10.2 Å². The number of ether oxygens (including phenoxy) is 2. The topological polar surface area (TPSA) is 105 Å². The van der Waals surface area contributed by atoms with Gasteiger partial charge in [-0.2, -0.15) is 0 Å². The highest BCUT2D eigenvalue weighted by Gasteiger charge is 2.50. The second-order valence-corrected chi connectivity index (χ2v) is 9.64. The number of benzene rings is 2. The number of aliphatic carboxylic acids is 1. The van der Waals surface area contributed by atoms with Crippen LogP contribution < -0.4 is 5.32 Å². The van der Waals surface area contributed by atoms with E-state index in [1.54, 1.807) is 4.90 Å². The summed E-state index contributed by atoms with van der Waals surface area (Å²) in [6, 6.07) is 16.4. The zero-order chi connectivity index (χ0) is 23.9. The maximum atomic E-state index is 12.6. The van der Waals surface area contributed by atoms with Gasteiger partial charge in [0.2, 0.25) is 5.91 Å². The van der Waals surface area contributed by atoms with Gasteiger partial charge in [-0.15, -0.1) is 0 Å². The van der Waals surface area contributed by atoms with E-state index < -0.39 is 17.7 Å². The molecule has 1 saturated carbocycles. The van der Waals surface area contributed by atoms with Crippen LogP contribution in [0, 0.1) is 11.8 Å². The van der Waals surface area contributed by atoms with Crippen LogP contribution in [0.2, 0.25) is 0 Å². The average Bonchev–Trinajstić information content (AvgIpc) is 3.53. The number of rotatable bonds is 8. The largest absolute Gasteiger partial charge is 0.480 e. The Kier molecular flexibility index (Phi) is 5.77. The summed E-state index contributed by atoms with van der Waals surface area (Å²) >= 11 is 0. The minimum atomic E-state index is -1.02. The predicted octanol–water partition coefficient (Wildman–Crippen LogP) is 2.86. The van der Waals surface area contributed by atoms with Gasteiger partial charge in [0.05, 0.1) is 13.1 Å². The molecule has 0 radical (unpaired) electrons. The summed E-state index contributed by atoms with van der Waals surface area (Å²) in [6.07, 6.45) is 0.254. The second-order valence-electron chi connectivity index (χ2n) is 9.64. The van der Waals surface area contributed by atoms with E-state index in [9.17, 15) is 14.4 Å². The van der Waals surface area contributed by atoms with Crippen molar-refractivity contribution in [3.63, 3.8) is 0 Å². The number of likely N-dealkylation sites (tertiary alicyclic amines) is 1. The van der Waals surface area contributed by atoms with E-state index >= 15 is 0 Å². The predicted molar refractivity (Wildman–Crippen MR) is 123 cm³/mol.